The van der Waals surface area contributed by atoms with Crippen LogP contribution in [0.15, 0.2) is 12.2 Å². The second-order valence-electron chi connectivity index (χ2n) is 8.22. The molecule has 0 aromatic rings. The van der Waals surface area contributed by atoms with Crippen LogP contribution in [0.1, 0.15) is 52.4 Å². The van der Waals surface area contributed by atoms with E-state index in [2.05, 4.69) is 13.5 Å². The zero-order chi connectivity index (χ0) is 16.4. The van der Waals surface area contributed by atoms with Crippen molar-refractivity contribution >= 4 is 11.9 Å². The molecule has 5 nitrogen and oxygen atoms in total. The lowest BCUT2D eigenvalue weighted by Gasteiger charge is -2.66. The smallest absolute Gasteiger partial charge is 0.333 e. The molecule has 122 valence electrons. The van der Waals surface area contributed by atoms with E-state index < -0.39 is 22.6 Å². The minimum atomic E-state index is -0.965. The highest BCUT2D eigenvalue weighted by atomic mass is 16.6. The van der Waals surface area contributed by atoms with Crippen LogP contribution in [0, 0.1) is 10.8 Å². The molecule has 0 aliphatic heterocycles. The summed E-state index contributed by atoms with van der Waals surface area (Å²) in [5.74, 6) is -0.749. The Morgan fingerprint density at radius 3 is 2.32 bits per heavy atom. The Hall–Kier alpha value is -1.36. The third-order valence-electron chi connectivity index (χ3n) is 5.53. The SMILES string of the molecule is C=C(C)C(=O)OC12CC3(C)CC(O)(C1)CC(C(=O)OC)(C3)C2. The Balaban J connectivity index is 2.01. The highest BCUT2D eigenvalue weighted by Crippen LogP contribution is 2.69. The standard InChI is InChI=1S/C17H24O5/c1-11(2)12(18)22-17-7-14(3)5-15(9-17,13(19)21-4)8-16(20,6-14)10-17/h20H,1,5-10H2,2-4H3. The van der Waals surface area contributed by atoms with Crippen molar-refractivity contribution in [2.45, 2.75) is 63.6 Å². The second kappa shape index (κ2) is 4.34. The van der Waals surface area contributed by atoms with Gasteiger partial charge < -0.3 is 14.6 Å². The minimum absolute atomic E-state index is 0.215. The Labute approximate surface area is 130 Å². The fourth-order valence-electron chi connectivity index (χ4n) is 5.81. The molecule has 0 aromatic carbocycles. The molecule has 0 saturated heterocycles. The number of carbonyl (C=O) groups excluding carboxylic acids is 2. The zero-order valence-corrected chi connectivity index (χ0v) is 13.5. The number of hydrogen-bond donors (Lipinski definition) is 1. The zero-order valence-electron chi connectivity index (χ0n) is 13.5. The minimum Gasteiger partial charge on any atom is -0.469 e. The van der Waals surface area contributed by atoms with Gasteiger partial charge in [-0.2, -0.15) is 0 Å². The Morgan fingerprint density at radius 2 is 1.77 bits per heavy atom. The molecule has 1 N–H and O–H groups in total. The molecule has 4 aliphatic rings. The van der Waals surface area contributed by atoms with Gasteiger partial charge in [-0.1, -0.05) is 13.5 Å². The number of methoxy groups -OCH3 is 1. The van der Waals surface area contributed by atoms with E-state index in [0.717, 1.165) is 0 Å². The van der Waals surface area contributed by atoms with E-state index in [-0.39, 0.29) is 11.4 Å². The molecular formula is C17H24O5. The Morgan fingerprint density at radius 1 is 1.09 bits per heavy atom. The summed E-state index contributed by atoms with van der Waals surface area (Å²) in [6.07, 6.45) is 3.23. The van der Waals surface area contributed by atoms with Gasteiger partial charge in [-0.05, 0) is 38.0 Å². The highest BCUT2D eigenvalue weighted by Gasteiger charge is 2.70. The molecule has 4 saturated carbocycles. The normalized spacial score (nSPS) is 45.5. The first kappa shape index (κ1) is 15.5. The molecule has 4 atom stereocenters. The van der Waals surface area contributed by atoms with Crippen molar-refractivity contribution in [2.24, 2.45) is 10.8 Å². The monoisotopic (exact) mass is 308 g/mol. The molecule has 0 aromatic heterocycles. The summed E-state index contributed by atoms with van der Waals surface area (Å²) in [6, 6.07) is 0. The lowest BCUT2D eigenvalue weighted by atomic mass is 9.41. The molecule has 0 heterocycles. The molecule has 0 amide bonds. The second-order valence-corrected chi connectivity index (χ2v) is 8.22. The number of carbonyl (C=O) groups is 2. The third kappa shape index (κ3) is 2.18. The summed E-state index contributed by atoms with van der Waals surface area (Å²) in [7, 11) is 1.37. The molecule has 0 radical (unpaired) electrons. The topological polar surface area (TPSA) is 72.8 Å². The van der Waals surface area contributed by atoms with Crippen LogP contribution in [0.3, 0.4) is 0 Å². The number of esters is 2. The van der Waals surface area contributed by atoms with Gasteiger partial charge in [-0.15, -0.1) is 0 Å². The first-order chi connectivity index (χ1) is 10.1. The van der Waals surface area contributed by atoms with Crippen molar-refractivity contribution in [1.82, 2.24) is 0 Å². The van der Waals surface area contributed by atoms with E-state index >= 15 is 0 Å². The largest absolute Gasteiger partial charge is 0.469 e. The van der Waals surface area contributed by atoms with Crippen molar-refractivity contribution in [1.29, 1.82) is 0 Å². The van der Waals surface area contributed by atoms with Gasteiger partial charge in [-0.3, -0.25) is 4.79 Å². The van der Waals surface area contributed by atoms with Crippen LogP contribution >= 0.6 is 0 Å². The molecule has 4 bridgehead atoms. The summed E-state index contributed by atoms with van der Waals surface area (Å²) >= 11 is 0. The number of aliphatic hydroxyl groups is 1. The summed E-state index contributed by atoms with van der Waals surface area (Å²) in [5.41, 5.74) is -2.38. The van der Waals surface area contributed by atoms with Gasteiger partial charge in [-0.25, -0.2) is 4.79 Å². The van der Waals surface area contributed by atoms with E-state index in [0.29, 0.717) is 44.1 Å². The molecule has 4 aliphatic carbocycles. The Bertz CT molecular complexity index is 545. The van der Waals surface area contributed by atoms with Gasteiger partial charge in [0.25, 0.3) is 0 Å². The van der Waals surface area contributed by atoms with Crippen molar-refractivity contribution in [2.75, 3.05) is 7.11 Å². The van der Waals surface area contributed by atoms with Crippen molar-refractivity contribution in [3.8, 4) is 0 Å². The molecule has 4 rings (SSSR count). The van der Waals surface area contributed by atoms with Gasteiger partial charge in [0.1, 0.15) is 5.60 Å². The highest BCUT2D eigenvalue weighted by molar-refractivity contribution is 5.87. The molecule has 22 heavy (non-hydrogen) atoms. The maximum atomic E-state index is 12.4. The van der Waals surface area contributed by atoms with E-state index in [9.17, 15) is 14.7 Å². The quantitative estimate of drug-likeness (QED) is 0.638. The Kier molecular flexibility index (Phi) is 3.07. The number of ether oxygens (including phenoxy) is 2. The van der Waals surface area contributed by atoms with Crippen LogP contribution in [-0.4, -0.2) is 35.4 Å². The predicted molar refractivity (Wildman–Crippen MR) is 78.8 cm³/mol. The van der Waals surface area contributed by atoms with Gasteiger partial charge in [0.05, 0.1) is 18.1 Å². The molecule has 4 fully saturated rings. The van der Waals surface area contributed by atoms with Gasteiger partial charge in [0, 0.05) is 18.4 Å². The number of rotatable bonds is 3. The van der Waals surface area contributed by atoms with Gasteiger partial charge in [0.15, 0.2) is 0 Å². The average molecular weight is 308 g/mol. The maximum Gasteiger partial charge on any atom is 0.333 e. The van der Waals surface area contributed by atoms with E-state index in [4.69, 9.17) is 9.47 Å². The van der Waals surface area contributed by atoms with Crippen LogP contribution in [0.5, 0.6) is 0 Å². The first-order valence-corrected chi connectivity index (χ1v) is 7.75. The van der Waals surface area contributed by atoms with Crippen LogP contribution in [0.2, 0.25) is 0 Å². The summed E-state index contributed by atoms with van der Waals surface area (Å²) in [5, 5.41) is 11.0. The average Bonchev–Trinajstić information content (AvgIpc) is 2.32. The predicted octanol–water partition coefficient (Wildman–Crippen LogP) is 2.12. The fraction of sp³-hybridized carbons (Fsp3) is 0.765. The summed E-state index contributed by atoms with van der Waals surface area (Å²) in [6.45, 7) is 7.30. The summed E-state index contributed by atoms with van der Waals surface area (Å²) in [4.78, 5) is 24.5. The van der Waals surface area contributed by atoms with E-state index in [1.54, 1.807) is 6.92 Å². The summed E-state index contributed by atoms with van der Waals surface area (Å²) < 4.78 is 10.8. The van der Waals surface area contributed by atoms with E-state index in [1.807, 2.05) is 0 Å². The first-order valence-electron chi connectivity index (χ1n) is 7.75. The van der Waals surface area contributed by atoms with Crippen molar-refractivity contribution in [3.63, 3.8) is 0 Å². The van der Waals surface area contributed by atoms with Gasteiger partial charge in [0.2, 0.25) is 0 Å². The van der Waals surface area contributed by atoms with Crippen LogP contribution in [-0.2, 0) is 19.1 Å². The number of hydrogen-bond acceptors (Lipinski definition) is 5. The van der Waals surface area contributed by atoms with Crippen molar-refractivity contribution < 1.29 is 24.2 Å². The van der Waals surface area contributed by atoms with Crippen molar-refractivity contribution in [3.05, 3.63) is 12.2 Å². The van der Waals surface area contributed by atoms with E-state index in [1.165, 1.54) is 7.11 Å². The van der Waals surface area contributed by atoms with Gasteiger partial charge >= 0.3 is 11.9 Å². The third-order valence-corrected chi connectivity index (χ3v) is 5.53. The molecule has 5 heteroatoms. The van der Waals surface area contributed by atoms with Crippen LogP contribution < -0.4 is 0 Å². The van der Waals surface area contributed by atoms with Crippen LogP contribution in [0.4, 0.5) is 0 Å². The lowest BCUT2D eigenvalue weighted by Crippen LogP contribution is -2.69. The molecular weight excluding hydrogens is 284 g/mol. The lowest BCUT2D eigenvalue weighted by molar-refractivity contribution is -0.263. The maximum absolute atomic E-state index is 12.4. The molecule has 0 spiro atoms. The fourth-order valence-corrected chi connectivity index (χ4v) is 5.81. The van der Waals surface area contributed by atoms with Crippen LogP contribution in [0.25, 0.3) is 0 Å². The molecule has 4 unspecified atom stereocenters.